The lowest BCUT2D eigenvalue weighted by molar-refractivity contribution is 0.0375. The second kappa shape index (κ2) is 4.36. The van der Waals surface area contributed by atoms with Crippen LogP contribution >= 0.6 is 0 Å². The van der Waals surface area contributed by atoms with Gasteiger partial charge in [-0.05, 0) is 43.5 Å². The molecule has 3 aliphatic rings. The minimum Gasteiger partial charge on any atom is -0.378 e. The van der Waals surface area contributed by atoms with E-state index in [1.165, 1.54) is 36.2 Å². The number of hydrogen-bond acceptors (Lipinski definition) is 2. The number of likely N-dealkylation sites (tertiary alicyclic amines) is 1. The number of para-hydroxylation sites is 1. The molecule has 2 nitrogen and oxygen atoms in total. The largest absolute Gasteiger partial charge is 0.378 e. The minimum atomic E-state index is 0.452. The molecule has 0 amide bonds. The monoisotopic (exact) mass is 268 g/mol. The molecule has 20 heavy (non-hydrogen) atoms. The maximum atomic E-state index is 4.50. The molecule has 5 atom stereocenters. The van der Waals surface area contributed by atoms with Crippen LogP contribution in [0.1, 0.15) is 31.2 Å². The van der Waals surface area contributed by atoms with Gasteiger partial charge in [0.25, 0.3) is 0 Å². The predicted molar refractivity (Wildman–Crippen MR) is 84.0 cm³/mol. The Morgan fingerprint density at radius 1 is 1.35 bits per heavy atom. The van der Waals surface area contributed by atoms with Crippen LogP contribution in [-0.4, -0.2) is 30.6 Å². The molecule has 0 aromatic heterocycles. The molecule has 5 unspecified atom stereocenters. The van der Waals surface area contributed by atoms with Gasteiger partial charge in [-0.3, -0.25) is 0 Å². The van der Waals surface area contributed by atoms with Crippen molar-refractivity contribution in [3.8, 4) is 0 Å². The van der Waals surface area contributed by atoms with Gasteiger partial charge in [-0.2, -0.15) is 0 Å². The predicted octanol–water partition coefficient (Wildman–Crippen LogP) is 3.48. The Balaban J connectivity index is 1.84. The number of fused-ring (bicyclic) bond motifs is 6. The van der Waals surface area contributed by atoms with Gasteiger partial charge >= 0.3 is 0 Å². The lowest BCUT2D eigenvalue weighted by atomic mass is 9.61. The highest BCUT2D eigenvalue weighted by Crippen LogP contribution is 2.54. The fraction of sp³-hybridized carbons (Fsp3) is 0.556. The van der Waals surface area contributed by atoms with Crippen molar-refractivity contribution in [1.29, 1.82) is 0 Å². The molecule has 106 valence electrons. The summed E-state index contributed by atoms with van der Waals surface area (Å²) in [5.74, 6) is 2.07. The number of likely N-dealkylation sites (N-methyl/N-ethyl adjacent to an activating group) is 1. The molecule has 0 radical (unpaired) electrons. The Morgan fingerprint density at radius 3 is 2.95 bits per heavy atom. The van der Waals surface area contributed by atoms with E-state index in [-0.39, 0.29) is 0 Å². The summed E-state index contributed by atoms with van der Waals surface area (Å²) >= 11 is 0. The molecule has 1 aliphatic carbocycles. The Morgan fingerprint density at radius 2 is 2.15 bits per heavy atom. The van der Waals surface area contributed by atoms with Gasteiger partial charge in [0.1, 0.15) is 0 Å². The zero-order chi connectivity index (χ0) is 13.9. The SMILES string of the molecule is C=C1C2CCN(C)C(C2CC)C2c3ccccc3NC12. The van der Waals surface area contributed by atoms with Gasteiger partial charge in [0.15, 0.2) is 0 Å². The molecule has 4 rings (SSSR count). The third-order valence-corrected chi connectivity index (χ3v) is 5.96. The van der Waals surface area contributed by atoms with Gasteiger partial charge in [0, 0.05) is 17.6 Å². The molecule has 1 N–H and O–H groups in total. The molecule has 2 heterocycles. The molecule has 1 saturated carbocycles. The zero-order valence-corrected chi connectivity index (χ0v) is 12.5. The van der Waals surface area contributed by atoms with E-state index in [4.69, 9.17) is 0 Å². The first-order chi connectivity index (χ1) is 9.72. The summed E-state index contributed by atoms with van der Waals surface area (Å²) in [5.41, 5.74) is 4.30. The average molecular weight is 268 g/mol. The summed E-state index contributed by atoms with van der Waals surface area (Å²) in [4.78, 5) is 2.61. The van der Waals surface area contributed by atoms with Crippen molar-refractivity contribution in [2.75, 3.05) is 18.9 Å². The molecule has 1 aromatic carbocycles. The summed E-state index contributed by atoms with van der Waals surface area (Å²) in [6, 6.07) is 9.99. The van der Waals surface area contributed by atoms with Crippen molar-refractivity contribution in [2.45, 2.75) is 37.8 Å². The summed E-state index contributed by atoms with van der Waals surface area (Å²) in [5, 5.41) is 3.75. The first-order valence-corrected chi connectivity index (χ1v) is 7.96. The van der Waals surface area contributed by atoms with Crippen molar-refractivity contribution in [2.24, 2.45) is 11.8 Å². The van der Waals surface area contributed by atoms with Crippen LogP contribution in [0.5, 0.6) is 0 Å². The Bertz CT molecular complexity index is 550. The van der Waals surface area contributed by atoms with Crippen molar-refractivity contribution in [1.82, 2.24) is 4.90 Å². The lowest BCUT2D eigenvalue weighted by Gasteiger charge is -2.54. The van der Waals surface area contributed by atoms with Crippen LogP contribution in [0.25, 0.3) is 0 Å². The summed E-state index contributed by atoms with van der Waals surface area (Å²) < 4.78 is 0. The van der Waals surface area contributed by atoms with Gasteiger partial charge < -0.3 is 10.2 Å². The first-order valence-electron chi connectivity index (χ1n) is 7.96. The topological polar surface area (TPSA) is 15.3 Å². The number of hydrogen-bond donors (Lipinski definition) is 1. The molecular formula is C18H24N2. The highest BCUT2D eigenvalue weighted by atomic mass is 15.2. The Kier molecular flexibility index (Phi) is 2.71. The maximum absolute atomic E-state index is 4.50. The second-order valence-corrected chi connectivity index (χ2v) is 6.75. The summed E-state index contributed by atoms with van der Waals surface area (Å²) in [6.07, 6.45) is 2.55. The average Bonchev–Trinajstić information content (AvgIpc) is 2.85. The van der Waals surface area contributed by atoms with E-state index < -0.39 is 0 Å². The smallest absolute Gasteiger partial charge is 0.0558 e. The van der Waals surface area contributed by atoms with Crippen LogP contribution < -0.4 is 5.32 Å². The second-order valence-electron chi connectivity index (χ2n) is 6.75. The third kappa shape index (κ3) is 1.49. The molecule has 0 spiro atoms. The van der Waals surface area contributed by atoms with Gasteiger partial charge in [-0.15, -0.1) is 0 Å². The highest BCUT2D eigenvalue weighted by Gasteiger charge is 2.52. The number of anilines is 1. The number of nitrogens with one attached hydrogen (secondary N) is 1. The third-order valence-electron chi connectivity index (χ3n) is 5.96. The minimum absolute atomic E-state index is 0.452. The van der Waals surface area contributed by atoms with Crippen LogP contribution in [0.15, 0.2) is 36.4 Å². The van der Waals surface area contributed by atoms with Crippen LogP contribution in [-0.2, 0) is 0 Å². The van der Waals surface area contributed by atoms with Crippen LogP contribution in [0, 0.1) is 11.8 Å². The Hall–Kier alpha value is -1.28. The van der Waals surface area contributed by atoms with E-state index >= 15 is 0 Å². The van der Waals surface area contributed by atoms with Crippen molar-refractivity contribution < 1.29 is 0 Å². The van der Waals surface area contributed by atoms with Gasteiger partial charge in [0.2, 0.25) is 0 Å². The quantitative estimate of drug-likeness (QED) is 0.784. The maximum Gasteiger partial charge on any atom is 0.0558 e. The van der Waals surface area contributed by atoms with E-state index in [0.717, 1.165) is 5.92 Å². The first kappa shape index (κ1) is 12.5. The number of benzene rings is 1. The van der Waals surface area contributed by atoms with E-state index in [2.05, 4.69) is 55.0 Å². The van der Waals surface area contributed by atoms with Gasteiger partial charge in [-0.25, -0.2) is 0 Å². The molecule has 2 aliphatic heterocycles. The van der Waals surface area contributed by atoms with Crippen molar-refractivity contribution in [3.63, 3.8) is 0 Å². The van der Waals surface area contributed by atoms with Crippen molar-refractivity contribution in [3.05, 3.63) is 42.0 Å². The molecule has 1 aromatic rings. The number of piperidine rings is 1. The lowest BCUT2D eigenvalue weighted by Crippen LogP contribution is -2.57. The van der Waals surface area contributed by atoms with E-state index in [1.807, 2.05) is 0 Å². The molecule has 2 bridgehead atoms. The van der Waals surface area contributed by atoms with E-state index in [0.29, 0.717) is 23.9 Å². The zero-order valence-electron chi connectivity index (χ0n) is 12.5. The fourth-order valence-corrected chi connectivity index (χ4v) is 5.09. The Labute approximate surface area is 121 Å². The summed E-state index contributed by atoms with van der Waals surface area (Å²) in [7, 11) is 2.32. The normalized spacial score (nSPS) is 39.1. The van der Waals surface area contributed by atoms with Gasteiger partial charge in [0.05, 0.1) is 6.04 Å². The van der Waals surface area contributed by atoms with Gasteiger partial charge in [-0.1, -0.05) is 43.7 Å². The number of rotatable bonds is 1. The molecular weight excluding hydrogens is 244 g/mol. The highest BCUT2D eigenvalue weighted by molar-refractivity contribution is 5.63. The fourth-order valence-electron chi connectivity index (χ4n) is 5.09. The van der Waals surface area contributed by atoms with Crippen LogP contribution in [0.3, 0.4) is 0 Å². The standard InChI is InChI=1S/C18H24N2/c1-4-12-13-9-10-20(3)18(12)16-14-7-5-6-8-15(14)19-17(16)11(13)2/h5-8,12-13,16-19H,2,4,9-10H2,1,3H3. The van der Waals surface area contributed by atoms with Crippen molar-refractivity contribution >= 4 is 5.69 Å². The van der Waals surface area contributed by atoms with Crippen LogP contribution in [0.2, 0.25) is 0 Å². The van der Waals surface area contributed by atoms with E-state index in [9.17, 15) is 0 Å². The molecule has 2 heteroatoms. The van der Waals surface area contributed by atoms with Crippen LogP contribution in [0.4, 0.5) is 5.69 Å². The molecule has 2 fully saturated rings. The molecule has 1 saturated heterocycles. The number of nitrogens with zero attached hydrogens (tertiary/aromatic N) is 1. The summed E-state index contributed by atoms with van der Waals surface area (Å²) in [6.45, 7) is 8.07. The van der Waals surface area contributed by atoms with E-state index in [1.54, 1.807) is 0 Å².